The molecule has 12 heteroatoms. The van der Waals surface area contributed by atoms with Gasteiger partial charge in [-0.2, -0.15) is 4.72 Å². The summed E-state index contributed by atoms with van der Waals surface area (Å²) >= 11 is 0. The normalized spacial score (nSPS) is 20.6. The minimum absolute atomic E-state index is 0.0436. The molecule has 0 radical (unpaired) electrons. The third kappa shape index (κ3) is 9.66. The molecule has 2 aliphatic rings. The van der Waals surface area contributed by atoms with Gasteiger partial charge in [-0.1, -0.05) is 113 Å². The predicted octanol–water partition coefficient (Wildman–Crippen LogP) is 8.99. The van der Waals surface area contributed by atoms with Crippen molar-refractivity contribution in [2.45, 2.75) is 101 Å². The van der Waals surface area contributed by atoms with Crippen LogP contribution < -0.4 is 20.7 Å². The summed E-state index contributed by atoms with van der Waals surface area (Å²) in [6.07, 6.45) is 3.51. The number of anilines is 2. The van der Waals surface area contributed by atoms with Gasteiger partial charge in [0.15, 0.2) is 0 Å². The van der Waals surface area contributed by atoms with Crippen LogP contribution in [0.1, 0.15) is 87.1 Å². The Bertz CT molecular complexity index is 2560. The maximum Gasteiger partial charge on any atom is 0.247 e. The van der Waals surface area contributed by atoms with Gasteiger partial charge in [0, 0.05) is 17.8 Å². The van der Waals surface area contributed by atoms with E-state index in [4.69, 9.17) is 0 Å². The van der Waals surface area contributed by atoms with Crippen LogP contribution >= 0.6 is 0 Å². The molecule has 9 nitrogen and oxygen atoms in total. The molecule has 1 fully saturated rings. The Morgan fingerprint density at radius 2 is 1.26 bits per heavy atom. The molecule has 1 saturated carbocycles. The fraction of sp³-hybridized carbons (Fsp3) is 0.340. The van der Waals surface area contributed by atoms with Crippen LogP contribution in [-0.4, -0.2) is 38.2 Å². The van der Waals surface area contributed by atoms with Crippen molar-refractivity contribution in [3.8, 4) is 0 Å². The van der Waals surface area contributed by atoms with Crippen LogP contribution in [0.2, 0.25) is 0 Å². The summed E-state index contributed by atoms with van der Waals surface area (Å²) in [5, 5.41) is 8.59. The molecule has 324 valence electrons. The zero-order chi connectivity index (χ0) is 44.2. The van der Waals surface area contributed by atoms with Crippen LogP contribution in [0.25, 0.3) is 0 Å². The third-order valence-corrected chi connectivity index (χ3v) is 14.4. The molecular formula is C50H54F2N4O5S. The maximum atomic E-state index is 14.8. The molecule has 5 aromatic rings. The quantitative estimate of drug-likeness (QED) is 0.0885. The van der Waals surface area contributed by atoms with Gasteiger partial charge in [-0.15, -0.1) is 0 Å². The number of nitrogens with one attached hydrogen (secondary N) is 4. The standard InChI is InChI=1S/C50H54F2N4O5S/c1-32(2)40-28-35-22-23-45-49(3,24-13-25-50(45,4)48(59)55-42(26-33-14-7-5-8-15-33)46(57)53-38-20-11-18-36(51)29-38)41(35)31-44(40)62(60,61)56-43(27-34-16-9-6-10-17-34)47(58)54-39-21-12-19-37(52)30-39/h5-12,14-21,28-32,42-43,45,56H,13,22-27H2,1-4H3,(H,53,57)(H,54,58)(H,55,59)/t42-,43-,45-,49-,50-/m1/s1. The molecule has 4 N–H and O–H groups in total. The van der Waals surface area contributed by atoms with Crippen molar-refractivity contribution in [1.82, 2.24) is 10.0 Å². The molecule has 0 spiro atoms. The molecule has 0 unspecified atom stereocenters. The van der Waals surface area contributed by atoms with Crippen molar-refractivity contribution >= 4 is 39.1 Å². The number of benzene rings is 5. The van der Waals surface area contributed by atoms with Crippen LogP contribution in [0.4, 0.5) is 20.2 Å². The summed E-state index contributed by atoms with van der Waals surface area (Å²) in [6.45, 7) is 7.93. The molecule has 0 aromatic heterocycles. The Morgan fingerprint density at radius 3 is 1.81 bits per heavy atom. The van der Waals surface area contributed by atoms with Gasteiger partial charge in [-0.25, -0.2) is 17.2 Å². The van der Waals surface area contributed by atoms with E-state index in [0.29, 0.717) is 37.7 Å². The summed E-state index contributed by atoms with van der Waals surface area (Å²) < 4.78 is 60.4. The molecule has 0 heterocycles. The zero-order valence-corrected chi connectivity index (χ0v) is 36.3. The smallest absolute Gasteiger partial charge is 0.247 e. The number of carbonyl (C=O) groups excluding carboxylic acids is 3. The molecular weight excluding hydrogens is 807 g/mol. The van der Waals surface area contributed by atoms with Crippen molar-refractivity contribution in [3.63, 3.8) is 0 Å². The third-order valence-electron chi connectivity index (χ3n) is 12.9. The number of carbonyl (C=O) groups is 3. The molecule has 3 amide bonds. The van der Waals surface area contributed by atoms with E-state index in [1.54, 1.807) is 12.1 Å². The molecule has 0 aliphatic heterocycles. The number of halogens is 2. The first-order chi connectivity index (χ1) is 29.6. The Kier molecular flexibility index (Phi) is 13.1. The molecule has 2 aliphatic carbocycles. The molecule has 0 saturated heterocycles. The van der Waals surface area contributed by atoms with Crippen molar-refractivity contribution in [2.75, 3.05) is 10.6 Å². The Labute approximate surface area is 363 Å². The first-order valence-corrected chi connectivity index (χ1v) is 22.8. The number of amides is 3. The van der Waals surface area contributed by atoms with Gasteiger partial charge in [0.25, 0.3) is 0 Å². The highest BCUT2D eigenvalue weighted by Gasteiger charge is 2.55. The molecule has 7 rings (SSSR count). The SMILES string of the molecule is CC(C)c1cc2c(cc1S(=O)(=O)N[C@H](Cc1ccccc1)C(=O)Nc1cccc(F)c1)[C@@]1(C)CCC[C@@](C)(C(=O)N[C@H](Cc3ccccc3)C(=O)Nc3cccc(F)c3)[C@@H]1CC2. The second-order valence-corrected chi connectivity index (χ2v) is 19.2. The van der Waals surface area contributed by atoms with Crippen molar-refractivity contribution in [1.29, 1.82) is 0 Å². The average Bonchev–Trinajstić information content (AvgIpc) is 3.23. The number of hydrogen-bond acceptors (Lipinski definition) is 5. The number of hydrogen-bond donors (Lipinski definition) is 4. The highest BCUT2D eigenvalue weighted by Crippen LogP contribution is 2.58. The summed E-state index contributed by atoms with van der Waals surface area (Å²) in [5.41, 5.74) is 3.01. The number of sulfonamides is 1. The topological polar surface area (TPSA) is 133 Å². The van der Waals surface area contributed by atoms with Crippen LogP contribution in [0.15, 0.2) is 126 Å². The van der Waals surface area contributed by atoms with E-state index < -0.39 is 56.4 Å². The lowest BCUT2D eigenvalue weighted by molar-refractivity contribution is -0.141. The van der Waals surface area contributed by atoms with E-state index in [0.717, 1.165) is 22.3 Å². The minimum atomic E-state index is -4.36. The highest BCUT2D eigenvalue weighted by atomic mass is 32.2. The van der Waals surface area contributed by atoms with Gasteiger partial charge in [-0.3, -0.25) is 14.4 Å². The monoisotopic (exact) mass is 860 g/mol. The molecule has 62 heavy (non-hydrogen) atoms. The second kappa shape index (κ2) is 18.3. The Hall–Kier alpha value is -5.72. The van der Waals surface area contributed by atoms with Gasteiger partial charge in [0.2, 0.25) is 27.7 Å². The summed E-state index contributed by atoms with van der Waals surface area (Å²) in [6, 6.07) is 31.1. The minimum Gasteiger partial charge on any atom is -0.343 e. The van der Waals surface area contributed by atoms with Crippen LogP contribution in [0.3, 0.4) is 0 Å². The zero-order valence-electron chi connectivity index (χ0n) is 35.5. The fourth-order valence-corrected chi connectivity index (χ4v) is 11.3. The van der Waals surface area contributed by atoms with Gasteiger partial charge in [0.05, 0.1) is 10.3 Å². The van der Waals surface area contributed by atoms with E-state index in [9.17, 15) is 31.6 Å². The largest absolute Gasteiger partial charge is 0.343 e. The van der Waals surface area contributed by atoms with E-state index >= 15 is 0 Å². The molecule has 0 bridgehead atoms. The first-order valence-electron chi connectivity index (χ1n) is 21.3. The van der Waals surface area contributed by atoms with Gasteiger partial charge in [-0.05, 0) is 120 Å². The van der Waals surface area contributed by atoms with Crippen molar-refractivity contribution < 1.29 is 31.6 Å². The van der Waals surface area contributed by atoms with Gasteiger partial charge >= 0.3 is 0 Å². The fourth-order valence-electron chi connectivity index (χ4n) is 9.73. The highest BCUT2D eigenvalue weighted by molar-refractivity contribution is 7.89. The number of aryl methyl sites for hydroxylation is 1. The lowest BCUT2D eigenvalue weighted by Crippen LogP contribution is -2.58. The number of rotatable bonds is 14. The lowest BCUT2D eigenvalue weighted by Gasteiger charge is -2.55. The van der Waals surface area contributed by atoms with Crippen LogP contribution in [0, 0.1) is 23.0 Å². The summed E-state index contributed by atoms with van der Waals surface area (Å²) in [5.74, 6) is -2.81. The second-order valence-electron chi connectivity index (χ2n) is 17.6. The maximum absolute atomic E-state index is 14.8. The predicted molar refractivity (Wildman–Crippen MR) is 238 cm³/mol. The molecule has 5 aromatic carbocycles. The summed E-state index contributed by atoms with van der Waals surface area (Å²) in [4.78, 5) is 42.6. The van der Waals surface area contributed by atoms with Crippen molar-refractivity contribution in [2.24, 2.45) is 11.3 Å². The summed E-state index contributed by atoms with van der Waals surface area (Å²) in [7, 11) is -4.36. The van der Waals surface area contributed by atoms with Crippen molar-refractivity contribution in [3.05, 3.63) is 161 Å². The van der Waals surface area contributed by atoms with E-state index in [-0.39, 0.29) is 46.9 Å². The molecule has 5 atom stereocenters. The van der Waals surface area contributed by atoms with Crippen LogP contribution in [-0.2, 0) is 49.1 Å². The number of fused-ring (bicyclic) bond motifs is 3. The van der Waals surface area contributed by atoms with Gasteiger partial charge < -0.3 is 16.0 Å². The average molecular weight is 861 g/mol. The van der Waals surface area contributed by atoms with E-state index in [2.05, 4.69) is 27.6 Å². The Morgan fingerprint density at radius 1 is 0.710 bits per heavy atom. The van der Waals surface area contributed by atoms with E-state index in [1.165, 1.54) is 42.5 Å². The van der Waals surface area contributed by atoms with E-state index in [1.807, 2.05) is 87.5 Å². The lowest BCUT2D eigenvalue weighted by atomic mass is 9.49. The first kappa shape index (κ1) is 44.3. The van der Waals surface area contributed by atoms with Crippen LogP contribution in [0.5, 0.6) is 0 Å². The van der Waals surface area contributed by atoms with Gasteiger partial charge in [0.1, 0.15) is 23.7 Å². The Balaban J connectivity index is 1.20.